The Morgan fingerprint density at radius 2 is 1.95 bits per heavy atom. The van der Waals surface area contributed by atoms with Crippen LogP contribution in [0.2, 0.25) is 5.02 Å². The van der Waals surface area contributed by atoms with E-state index in [1.807, 2.05) is 43.3 Å². The van der Waals surface area contributed by atoms with Gasteiger partial charge in [-0.15, -0.1) is 0 Å². The lowest BCUT2D eigenvalue weighted by Gasteiger charge is -2.17. The zero-order chi connectivity index (χ0) is 13.8. The van der Waals surface area contributed by atoms with E-state index in [0.717, 1.165) is 14.7 Å². The van der Waals surface area contributed by atoms with Crippen LogP contribution in [-0.4, -0.2) is 11.7 Å². The van der Waals surface area contributed by atoms with Crippen molar-refractivity contribution in [3.63, 3.8) is 0 Å². The lowest BCUT2D eigenvalue weighted by Crippen LogP contribution is -2.05. The van der Waals surface area contributed by atoms with Crippen molar-refractivity contribution < 1.29 is 9.84 Å². The number of hydrogen-bond acceptors (Lipinski definition) is 2. The number of aliphatic hydroxyl groups excluding tert-OH is 1. The Balaban J connectivity index is 2.43. The van der Waals surface area contributed by atoms with Crippen LogP contribution in [-0.2, 0) is 0 Å². The molecule has 100 valence electrons. The monoisotopic (exact) mass is 388 g/mol. The summed E-state index contributed by atoms with van der Waals surface area (Å²) in [5.74, 6) is 0.702. The molecule has 0 spiro atoms. The number of rotatable bonds is 4. The second-order valence-corrected chi connectivity index (χ2v) is 5.64. The van der Waals surface area contributed by atoms with Crippen molar-refractivity contribution in [3.8, 4) is 5.75 Å². The van der Waals surface area contributed by atoms with Crippen molar-refractivity contribution >= 4 is 34.2 Å². The minimum atomic E-state index is -0.742. The van der Waals surface area contributed by atoms with Crippen LogP contribution in [0.15, 0.2) is 42.5 Å². The van der Waals surface area contributed by atoms with Crippen LogP contribution in [0.25, 0.3) is 0 Å². The SMILES string of the molecule is CCOc1ccccc1C(O)c1cc(Cl)ccc1I. The molecule has 2 rings (SSSR count). The first-order chi connectivity index (χ1) is 9.13. The third kappa shape index (κ3) is 3.41. The van der Waals surface area contributed by atoms with E-state index in [9.17, 15) is 5.11 Å². The maximum atomic E-state index is 10.6. The lowest BCUT2D eigenvalue weighted by molar-refractivity contribution is 0.211. The molecule has 0 bridgehead atoms. The second kappa shape index (κ2) is 6.59. The first-order valence-electron chi connectivity index (χ1n) is 5.98. The van der Waals surface area contributed by atoms with Crippen molar-refractivity contribution in [2.24, 2.45) is 0 Å². The number of aliphatic hydroxyl groups is 1. The average Bonchev–Trinajstić information content (AvgIpc) is 2.42. The number of para-hydroxylation sites is 1. The van der Waals surface area contributed by atoms with Crippen molar-refractivity contribution in [1.29, 1.82) is 0 Å². The Bertz CT molecular complexity index is 572. The molecule has 0 aromatic heterocycles. The Morgan fingerprint density at radius 1 is 1.21 bits per heavy atom. The van der Waals surface area contributed by atoms with Gasteiger partial charge in [-0.1, -0.05) is 29.8 Å². The minimum Gasteiger partial charge on any atom is -0.493 e. The van der Waals surface area contributed by atoms with Gasteiger partial charge >= 0.3 is 0 Å². The Labute approximate surface area is 131 Å². The molecule has 0 heterocycles. The molecule has 1 N–H and O–H groups in total. The van der Waals surface area contributed by atoms with E-state index in [-0.39, 0.29) is 0 Å². The molecule has 0 saturated carbocycles. The van der Waals surface area contributed by atoms with Gasteiger partial charge in [0, 0.05) is 14.2 Å². The molecule has 2 aromatic rings. The molecular formula is C15H14ClIO2. The summed E-state index contributed by atoms with van der Waals surface area (Å²) in [6.07, 6.45) is -0.742. The van der Waals surface area contributed by atoms with Crippen molar-refractivity contribution in [3.05, 3.63) is 62.2 Å². The molecule has 1 atom stereocenters. The summed E-state index contributed by atoms with van der Waals surface area (Å²) >= 11 is 8.20. The van der Waals surface area contributed by atoms with Crippen LogP contribution in [0.3, 0.4) is 0 Å². The Hall–Kier alpha value is -0.780. The topological polar surface area (TPSA) is 29.5 Å². The molecule has 0 aliphatic heterocycles. The van der Waals surface area contributed by atoms with Gasteiger partial charge in [0.15, 0.2) is 0 Å². The van der Waals surface area contributed by atoms with Gasteiger partial charge in [-0.2, -0.15) is 0 Å². The molecule has 2 nitrogen and oxygen atoms in total. The third-order valence-corrected chi connectivity index (χ3v) is 3.98. The number of halogens is 2. The van der Waals surface area contributed by atoms with Crippen LogP contribution in [0.4, 0.5) is 0 Å². The molecule has 0 aliphatic carbocycles. The number of hydrogen-bond donors (Lipinski definition) is 1. The van der Waals surface area contributed by atoms with Gasteiger partial charge in [-0.25, -0.2) is 0 Å². The summed E-state index contributed by atoms with van der Waals surface area (Å²) in [5.41, 5.74) is 1.55. The van der Waals surface area contributed by atoms with E-state index >= 15 is 0 Å². The molecule has 4 heteroatoms. The molecule has 1 unspecified atom stereocenters. The molecule has 0 aliphatic rings. The van der Waals surface area contributed by atoms with E-state index in [1.54, 1.807) is 6.07 Å². The van der Waals surface area contributed by atoms with Gasteiger partial charge in [0.05, 0.1) is 6.61 Å². The van der Waals surface area contributed by atoms with E-state index in [2.05, 4.69) is 22.6 Å². The maximum absolute atomic E-state index is 10.6. The smallest absolute Gasteiger partial charge is 0.125 e. The van der Waals surface area contributed by atoms with Gasteiger partial charge in [-0.3, -0.25) is 0 Å². The zero-order valence-electron chi connectivity index (χ0n) is 10.4. The highest BCUT2D eigenvalue weighted by Crippen LogP contribution is 2.33. The van der Waals surface area contributed by atoms with Crippen molar-refractivity contribution in [1.82, 2.24) is 0 Å². The largest absolute Gasteiger partial charge is 0.493 e. The molecule has 2 aromatic carbocycles. The first-order valence-corrected chi connectivity index (χ1v) is 7.44. The van der Waals surface area contributed by atoms with E-state index in [4.69, 9.17) is 16.3 Å². The molecule has 0 fully saturated rings. The average molecular weight is 389 g/mol. The highest BCUT2D eigenvalue weighted by molar-refractivity contribution is 14.1. The molecule has 0 saturated heterocycles. The van der Waals surface area contributed by atoms with Gasteiger partial charge in [0.2, 0.25) is 0 Å². The fourth-order valence-corrected chi connectivity index (χ4v) is 2.70. The highest BCUT2D eigenvalue weighted by Gasteiger charge is 2.17. The normalized spacial score (nSPS) is 12.2. The summed E-state index contributed by atoms with van der Waals surface area (Å²) in [7, 11) is 0. The van der Waals surface area contributed by atoms with Crippen molar-refractivity contribution in [2.75, 3.05) is 6.61 Å². The summed E-state index contributed by atoms with van der Waals surface area (Å²) in [5, 5.41) is 11.2. The number of ether oxygens (including phenoxy) is 1. The van der Waals surface area contributed by atoms with Crippen LogP contribution >= 0.6 is 34.2 Å². The Kier molecular flexibility index (Phi) is 5.07. The predicted octanol–water partition coefficient (Wildman–Crippen LogP) is 4.43. The van der Waals surface area contributed by atoms with Crippen LogP contribution in [0, 0.1) is 3.57 Å². The quantitative estimate of drug-likeness (QED) is 0.786. The lowest BCUT2D eigenvalue weighted by atomic mass is 10.0. The molecule has 0 radical (unpaired) electrons. The summed E-state index contributed by atoms with van der Waals surface area (Å²) in [6, 6.07) is 13.0. The highest BCUT2D eigenvalue weighted by atomic mass is 127. The summed E-state index contributed by atoms with van der Waals surface area (Å²) < 4.78 is 6.53. The van der Waals surface area contributed by atoms with Crippen LogP contribution in [0.5, 0.6) is 5.75 Å². The van der Waals surface area contributed by atoms with Gasteiger partial charge < -0.3 is 9.84 Å². The van der Waals surface area contributed by atoms with E-state index in [1.165, 1.54) is 0 Å². The predicted molar refractivity (Wildman–Crippen MR) is 85.8 cm³/mol. The van der Waals surface area contributed by atoms with E-state index < -0.39 is 6.10 Å². The number of benzene rings is 2. The van der Waals surface area contributed by atoms with Gasteiger partial charge in [0.25, 0.3) is 0 Å². The standard InChI is InChI=1S/C15H14ClIO2/c1-2-19-14-6-4-3-5-11(14)15(18)12-9-10(16)7-8-13(12)17/h3-9,15,18H,2H2,1H3. The maximum Gasteiger partial charge on any atom is 0.125 e. The summed E-state index contributed by atoms with van der Waals surface area (Å²) in [4.78, 5) is 0. The third-order valence-electron chi connectivity index (χ3n) is 2.77. The first kappa shape index (κ1) is 14.6. The van der Waals surface area contributed by atoms with Crippen molar-refractivity contribution in [2.45, 2.75) is 13.0 Å². The van der Waals surface area contributed by atoms with Crippen LogP contribution in [0.1, 0.15) is 24.2 Å². The van der Waals surface area contributed by atoms with E-state index in [0.29, 0.717) is 17.4 Å². The zero-order valence-corrected chi connectivity index (χ0v) is 13.4. The summed E-state index contributed by atoms with van der Waals surface area (Å²) in [6.45, 7) is 2.49. The fraction of sp³-hybridized carbons (Fsp3) is 0.200. The molecular weight excluding hydrogens is 375 g/mol. The van der Waals surface area contributed by atoms with Gasteiger partial charge in [-0.05, 0) is 59.3 Å². The second-order valence-electron chi connectivity index (χ2n) is 4.04. The Morgan fingerprint density at radius 3 is 2.68 bits per heavy atom. The minimum absolute atomic E-state index is 0.566. The van der Waals surface area contributed by atoms with Crippen LogP contribution < -0.4 is 4.74 Å². The van der Waals surface area contributed by atoms with Gasteiger partial charge in [0.1, 0.15) is 11.9 Å². The molecule has 0 amide bonds. The fourth-order valence-electron chi connectivity index (χ4n) is 1.89. The molecule has 19 heavy (non-hydrogen) atoms.